The summed E-state index contributed by atoms with van der Waals surface area (Å²) in [6, 6.07) is 26.0. The largest absolute Gasteiger partial charge is 0.497 e. The van der Waals surface area contributed by atoms with Crippen LogP contribution >= 0.6 is 11.6 Å². The fraction of sp³-hybridized carbons (Fsp3) is 0.136. The number of rotatable bonds is 6. The van der Waals surface area contributed by atoms with Gasteiger partial charge in [0.1, 0.15) is 5.75 Å². The van der Waals surface area contributed by atoms with E-state index in [4.69, 9.17) is 21.3 Å². The number of nitrogens with zero attached hydrogens (tertiary/aromatic N) is 1. The minimum atomic E-state index is 0.805. The van der Waals surface area contributed by atoms with Crippen molar-refractivity contribution in [1.82, 2.24) is 0 Å². The lowest BCUT2D eigenvalue weighted by Gasteiger charge is -2.09. The van der Waals surface area contributed by atoms with Gasteiger partial charge in [-0.3, -0.25) is 4.99 Å². The monoisotopic (exact) mass is 349 g/mol. The third kappa shape index (κ3) is 4.71. The van der Waals surface area contributed by atoms with Gasteiger partial charge in [-0.05, 0) is 54.3 Å². The Kier molecular flexibility index (Phi) is 5.86. The van der Waals surface area contributed by atoms with E-state index in [-0.39, 0.29) is 0 Å². The van der Waals surface area contributed by atoms with Crippen LogP contribution in [-0.4, -0.2) is 12.8 Å². The third-order valence-corrected chi connectivity index (χ3v) is 4.40. The second kappa shape index (κ2) is 8.50. The molecule has 0 aliphatic rings. The van der Waals surface area contributed by atoms with E-state index in [1.54, 1.807) is 7.11 Å². The van der Waals surface area contributed by atoms with Gasteiger partial charge in [0, 0.05) is 10.7 Å². The van der Waals surface area contributed by atoms with E-state index in [1.807, 2.05) is 60.7 Å². The number of benzene rings is 3. The van der Waals surface area contributed by atoms with Gasteiger partial charge in [0.05, 0.1) is 12.8 Å². The van der Waals surface area contributed by atoms with E-state index >= 15 is 0 Å². The Balaban J connectivity index is 1.87. The number of hydrogen-bond donors (Lipinski definition) is 0. The van der Waals surface area contributed by atoms with Gasteiger partial charge < -0.3 is 4.74 Å². The molecule has 0 bridgehead atoms. The van der Waals surface area contributed by atoms with E-state index in [1.165, 1.54) is 0 Å². The minimum absolute atomic E-state index is 0.805. The summed E-state index contributed by atoms with van der Waals surface area (Å²) in [4.78, 5) is 4.87. The number of halogens is 1. The van der Waals surface area contributed by atoms with Crippen LogP contribution in [0, 0.1) is 0 Å². The smallest absolute Gasteiger partial charge is 0.119 e. The van der Waals surface area contributed by atoms with Crippen LogP contribution in [0.5, 0.6) is 5.75 Å². The Hall–Kier alpha value is -2.58. The van der Waals surface area contributed by atoms with Gasteiger partial charge in [-0.2, -0.15) is 0 Å². The molecule has 3 aromatic rings. The molecule has 0 heterocycles. The second-order valence-electron chi connectivity index (χ2n) is 5.71. The van der Waals surface area contributed by atoms with Crippen molar-refractivity contribution in [2.45, 2.75) is 12.8 Å². The third-order valence-electron chi connectivity index (χ3n) is 4.03. The molecule has 3 rings (SSSR count). The molecule has 0 atom stereocenters. The van der Waals surface area contributed by atoms with Crippen LogP contribution in [-0.2, 0) is 6.42 Å². The number of aryl methyl sites for hydroxylation is 1. The molecule has 0 aliphatic carbocycles. The van der Waals surface area contributed by atoms with Crippen molar-refractivity contribution in [3.63, 3.8) is 0 Å². The molecule has 0 spiro atoms. The average molecular weight is 350 g/mol. The van der Waals surface area contributed by atoms with Crippen molar-refractivity contribution in [2.75, 3.05) is 7.11 Å². The highest BCUT2D eigenvalue weighted by Gasteiger charge is 2.07. The summed E-state index contributed by atoms with van der Waals surface area (Å²) in [6.45, 7) is 0. The zero-order valence-corrected chi connectivity index (χ0v) is 14.9. The maximum Gasteiger partial charge on any atom is 0.119 e. The molecular formula is C22H20ClNO. The maximum absolute atomic E-state index is 6.29. The Morgan fingerprint density at radius 2 is 1.56 bits per heavy atom. The molecule has 0 fully saturated rings. The molecule has 3 aromatic carbocycles. The lowest BCUT2D eigenvalue weighted by Crippen LogP contribution is -2.03. The summed E-state index contributed by atoms with van der Waals surface area (Å²) in [5.74, 6) is 0.830. The molecule has 0 saturated heterocycles. The molecule has 3 heteroatoms. The van der Waals surface area contributed by atoms with Gasteiger partial charge in [0.2, 0.25) is 0 Å². The number of ether oxygens (including phenoxy) is 1. The zero-order valence-electron chi connectivity index (χ0n) is 14.2. The van der Waals surface area contributed by atoms with Crippen molar-refractivity contribution in [3.8, 4) is 5.75 Å². The molecule has 0 amide bonds. The molecule has 126 valence electrons. The van der Waals surface area contributed by atoms with E-state index < -0.39 is 0 Å². The molecule has 0 radical (unpaired) electrons. The summed E-state index contributed by atoms with van der Waals surface area (Å²) in [5.41, 5.74) is 4.23. The Morgan fingerprint density at radius 3 is 2.24 bits per heavy atom. The highest BCUT2D eigenvalue weighted by Crippen LogP contribution is 2.22. The fourth-order valence-corrected chi connectivity index (χ4v) is 2.89. The first kappa shape index (κ1) is 17.2. The first-order chi connectivity index (χ1) is 12.3. The van der Waals surface area contributed by atoms with Crippen LogP contribution in [0.3, 0.4) is 0 Å². The van der Waals surface area contributed by atoms with E-state index in [0.717, 1.165) is 46.1 Å². The Bertz CT molecular complexity index is 841. The molecule has 2 nitrogen and oxygen atoms in total. The van der Waals surface area contributed by atoms with Gasteiger partial charge in [0.25, 0.3) is 0 Å². The highest BCUT2D eigenvalue weighted by atomic mass is 35.5. The standard InChI is InChI=1S/C22H20ClNO/c1-25-20-14-12-19(13-15-20)24-22(18-8-3-2-4-9-18)16-11-17-7-5-6-10-21(17)23/h2-10,12-15H,11,16H2,1H3. The van der Waals surface area contributed by atoms with Crippen LogP contribution in [0.4, 0.5) is 5.69 Å². The quantitative estimate of drug-likeness (QED) is 0.492. The SMILES string of the molecule is COc1ccc(N=C(CCc2ccccc2Cl)c2ccccc2)cc1. The molecule has 0 unspecified atom stereocenters. The molecular weight excluding hydrogens is 330 g/mol. The summed E-state index contributed by atoms with van der Waals surface area (Å²) in [5, 5.41) is 0.805. The average Bonchev–Trinajstić information content (AvgIpc) is 2.67. The zero-order chi connectivity index (χ0) is 17.5. The first-order valence-electron chi connectivity index (χ1n) is 8.27. The lowest BCUT2D eigenvalue weighted by molar-refractivity contribution is 0.415. The molecule has 0 saturated carbocycles. The highest BCUT2D eigenvalue weighted by molar-refractivity contribution is 6.31. The fourth-order valence-electron chi connectivity index (χ4n) is 2.66. The number of methoxy groups -OCH3 is 1. The summed E-state index contributed by atoms with van der Waals surface area (Å²) < 4.78 is 5.21. The van der Waals surface area contributed by atoms with Crippen molar-refractivity contribution < 1.29 is 4.74 Å². The Labute approximate surface area is 153 Å². The summed E-state index contributed by atoms with van der Waals surface area (Å²) in [6.07, 6.45) is 1.67. The van der Waals surface area contributed by atoms with Crippen molar-refractivity contribution in [1.29, 1.82) is 0 Å². The summed E-state index contributed by atoms with van der Waals surface area (Å²) in [7, 11) is 1.66. The first-order valence-corrected chi connectivity index (χ1v) is 8.64. The Morgan fingerprint density at radius 1 is 0.880 bits per heavy atom. The normalized spacial score (nSPS) is 11.4. The van der Waals surface area contributed by atoms with Gasteiger partial charge in [-0.15, -0.1) is 0 Å². The number of aliphatic imine (C=N–C) groups is 1. The second-order valence-corrected chi connectivity index (χ2v) is 6.12. The van der Waals surface area contributed by atoms with E-state index in [9.17, 15) is 0 Å². The van der Waals surface area contributed by atoms with Gasteiger partial charge in [0.15, 0.2) is 0 Å². The van der Waals surface area contributed by atoms with Crippen LogP contribution in [0.15, 0.2) is 83.9 Å². The topological polar surface area (TPSA) is 21.6 Å². The molecule has 25 heavy (non-hydrogen) atoms. The van der Waals surface area contributed by atoms with E-state index in [0.29, 0.717) is 0 Å². The predicted octanol–water partition coefficient (Wildman–Crippen LogP) is 6.10. The minimum Gasteiger partial charge on any atom is -0.497 e. The van der Waals surface area contributed by atoms with Crippen LogP contribution in [0.25, 0.3) is 0 Å². The molecule has 0 N–H and O–H groups in total. The van der Waals surface area contributed by atoms with Crippen molar-refractivity contribution in [2.24, 2.45) is 4.99 Å². The number of hydrogen-bond acceptors (Lipinski definition) is 2. The lowest BCUT2D eigenvalue weighted by atomic mass is 10.0. The van der Waals surface area contributed by atoms with E-state index in [2.05, 4.69) is 18.2 Å². The van der Waals surface area contributed by atoms with Crippen LogP contribution < -0.4 is 4.74 Å². The van der Waals surface area contributed by atoms with Crippen molar-refractivity contribution >= 4 is 23.0 Å². The molecule has 0 aromatic heterocycles. The van der Waals surface area contributed by atoms with Gasteiger partial charge in [-0.25, -0.2) is 0 Å². The van der Waals surface area contributed by atoms with Crippen LogP contribution in [0.1, 0.15) is 17.5 Å². The summed E-state index contributed by atoms with van der Waals surface area (Å²) >= 11 is 6.29. The predicted molar refractivity (Wildman–Crippen MR) is 105 cm³/mol. The van der Waals surface area contributed by atoms with Gasteiger partial charge >= 0.3 is 0 Å². The van der Waals surface area contributed by atoms with Crippen molar-refractivity contribution in [3.05, 3.63) is 95.0 Å². The maximum atomic E-state index is 6.29. The van der Waals surface area contributed by atoms with Crippen LogP contribution in [0.2, 0.25) is 5.02 Å². The van der Waals surface area contributed by atoms with Gasteiger partial charge in [-0.1, -0.05) is 60.1 Å². The molecule has 0 aliphatic heterocycles.